The highest BCUT2D eigenvalue weighted by Gasteiger charge is 2.28. The van der Waals surface area contributed by atoms with Crippen LogP contribution in [-0.4, -0.2) is 36.8 Å². The van der Waals surface area contributed by atoms with Gasteiger partial charge in [-0.25, -0.2) is 0 Å². The van der Waals surface area contributed by atoms with Gasteiger partial charge >= 0.3 is 6.18 Å². The number of rotatable bonds is 6. The first-order valence-corrected chi connectivity index (χ1v) is 8.37. The average molecular weight is 412 g/mol. The molecule has 0 saturated heterocycles. The van der Waals surface area contributed by atoms with Crippen molar-refractivity contribution in [3.8, 4) is 17.2 Å². The van der Waals surface area contributed by atoms with Crippen molar-refractivity contribution in [2.24, 2.45) is 0 Å². The van der Waals surface area contributed by atoms with Crippen LogP contribution in [0.1, 0.15) is 15.9 Å². The Morgan fingerprint density at radius 3 is 2.52 bits per heavy atom. The molecule has 2 aromatic rings. The van der Waals surface area contributed by atoms with Crippen LogP contribution < -0.4 is 19.5 Å². The van der Waals surface area contributed by atoms with E-state index in [0.717, 1.165) is 6.07 Å². The number of nitro benzene ring substituents is 1. The predicted octanol–water partition coefficient (Wildman–Crippen LogP) is 3.24. The Labute approximate surface area is 162 Å². The summed E-state index contributed by atoms with van der Waals surface area (Å²) in [6.45, 7) is -1.03. The van der Waals surface area contributed by atoms with Crippen LogP contribution >= 0.6 is 0 Å². The van der Waals surface area contributed by atoms with Gasteiger partial charge in [0.15, 0.2) is 18.1 Å². The summed E-state index contributed by atoms with van der Waals surface area (Å²) >= 11 is 0. The van der Waals surface area contributed by atoms with E-state index in [1.54, 1.807) is 6.07 Å². The van der Waals surface area contributed by atoms with Gasteiger partial charge in [0.1, 0.15) is 24.5 Å². The Balaban J connectivity index is 1.72. The summed E-state index contributed by atoms with van der Waals surface area (Å²) in [6.07, 6.45) is -4.47. The number of benzene rings is 2. The van der Waals surface area contributed by atoms with Crippen LogP contribution in [0.25, 0.3) is 0 Å². The third-order valence-electron chi connectivity index (χ3n) is 3.86. The first-order valence-electron chi connectivity index (χ1n) is 8.37. The highest BCUT2D eigenvalue weighted by Crippen LogP contribution is 2.36. The highest BCUT2D eigenvalue weighted by molar-refractivity contribution is 5.99. The molecule has 0 saturated carbocycles. The monoisotopic (exact) mass is 412 g/mol. The van der Waals surface area contributed by atoms with Crippen molar-refractivity contribution in [3.63, 3.8) is 0 Å². The van der Waals surface area contributed by atoms with Gasteiger partial charge < -0.3 is 19.5 Å². The zero-order valence-electron chi connectivity index (χ0n) is 14.8. The second-order valence-corrected chi connectivity index (χ2v) is 6.00. The summed E-state index contributed by atoms with van der Waals surface area (Å²) in [7, 11) is 0. The average Bonchev–Trinajstić information content (AvgIpc) is 2.69. The Bertz CT molecular complexity index is 932. The first kappa shape index (κ1) is 20.2. The molecule has 8 nitrogen and oxygen atoms in total. The minimum atomic E-state index is -4.47. The van der Waals surface area contributed by atoms with E-state index in [4.69, 9.17) is 9.47 Å². The van der Waals surface area contributed by atoms with Crippen LogP contribution in [0.4, 0.5) is 18.9 Å². The zero-order valence-corrected chi connectivity index (χ0v) is 14.8. The molecule has 3 rings (SSSR count). The van der Waals surface area contributed by atoms with Gasteiger partial charge in [0.2, 0.25) is 0 Å². The SMILES string of the molecule is O=C(NCc1cccc(OCC(F)(F)F)c1)c1cc2c(cc1[N+](=O)[O-])OCCO2. The molecule has 0 atom stereocenters. The van der Waals surface area contributed by atoms with E-state index in [-0.39, 0.29) is 42.6 Å². The number of fused-ring (bicyclic) bond motifs is 1. The maximum atomic E-state index is 12.5. The lowest BCUT2D eigenvalue weighted by molar-refractivity contribution is -0.385. The summed E-state index contributed by atoms with van der Waals surface area (Å²) in [4.78, 5) is 23.1. The minimum Gasteiger partial charge on any atom is -0.486 e. The van der Waals surface area contributed by atoms with Gasteiger partial charge in [0, 0.05) is 12.6 Å². The number of halogens is 3. The quantitative estimate of drug-likeness (QED) is 0.578. The molecule has 0 fully saturated rings. The van der Waals surface area contributed by atoms with Gasteiger partial charge in [-0.2, -0.15) is 13.2 Å². The molecule has 1 aliphatic heterocycles. The lowest BCUT2D eigenvalue weighted by atomic mass is 10.1. The van der Waals surface area contributed by atoms with Crippen LogP contribution in [0, 0.1) is 10.1 Å². The van der Waals surface area contributed by atoms with Crippen molar-refractivity contribution < 1.29 is 37.1 Å². The number of hydrogen-bond donors (Lipinski definition) is 1. The smallest absolute Gasteiger partial charge is 0.422 e. The van der Waals surface area contributed by atoms with Crippen molar-refractivity contribution in [1.82, 2.24) is 5.32 Å². The molecule has 2 aromatic carbocycles. The number of hydrogen-bond acceptors (Lipinski definition) is 6. The fourth-order valence-corrected chi connectivity index (χ4v) is 2.60. The molecule has 0 aromatic heterocycles. The summed E-state index contributed by atoms with van der Waals surface area (Å²) < 4.78 is 52.0. The second kappa shape index (κ2) is 8.25. The standard InChI is InChI=1S/C18H15F3N2O6/c19-18(20,21)10-29-12-3-1-2-11(6-12)9-22-17(24)13-7-15-16(28-5-4-27-15)8-14(13)23(25)26/h1-3,6-8H,4-5,9-10H2,(H,22,24). The van der Waals surface area contributed by atoms with Gasteiger partial charge in [-0.3, -0.25) is 14.9 Å². The van der Waals surface area contributed by atoms with Crippen LogP contribution in [0.2, 0.25) is 0 Å². The number of nitrogens with zero attached hydrogens (tertiary/aromatic N) is 1. The summed E-state index contributed by atoms with van der Waals surface area (Å²) in [5.41, 5.74) is -0.212. The van der Waals surface area contributed by atoms with E-state index in [1.165, 1.54) is 24.3 Å². The first-order chi connectivity index (χ1) is 13.7. The van der Waals surface area contributed by atoms with E-state index >= 15 is 0 Å². The largest absolute Gasteiger partial charge is 0.486 e. The highest BCUT2D eigenvalue weighted by atomic mass is 19.4. The zero-order chi connectivity index (χ0) is 21.0. The normalized spacial score (nSPS) is 12.9. The number of alkyl halides is 3. The fourth-order valence-electron chi connectivity index (χ4n) is 2.60. The van der Waals surface area contributed by atoms with Crippen molar-refractivity contribution >= 4 is 11.6 Å². The molecule has 29 heavy (non-hydrogen) atoms. The Morgan fingerprint density at radius 2 is 1.86 bits per heavy atom. The molecule has 0 radical (unpaired) electrons. The molecule has 1 heterocycles. The second-order valence-electron chi connectivity index (χ2n) is 6.00. The van der Waals surface area contributed by atoms with Crippen molar-refractivity contribution in [1.29, 1.82) is 0 Å². The number of ether oxygens (including phenoxy) is 3. The molecule has 0 spiro atoms. The maximum absolute atomic E-state index is 12.5. The number of carbonyl (C=O) groups is 1. The van der Waals surface area contributed by atoms with Gasteiger partial charge in [-0.1, -0.05) is 12.1 Å². The molecule has 154 valence electrons. The van der Waals surface area contributed by atoms with E-state index < -0.39 is 29.3 Å². The van der Waals surface area contributed by atoms with Crippen LogP contribution in [0.15, 0.2) is 36.4 Å². The van der Waals surface area contributed by atoms with Crippen molar-refractivity contribution in [3.05, 3.63) is 57.6 Å². The molecule has 0 aliphatic carbocycles. The number of nitro groups is 1. The maximum Gasteiger partial charge on any atom is 0.422 e. The molecule has 1 aliphatic rings. The van der Waals surface area contributed by atoms with E-state index in [9.17, 15) is 28.1 Å². The number of carbonyl (C=O) groups excluding carboxylic acids is 1. The molecule has 1 N–H and O–H groups in total. The lowest BCUT2D eigenvalue weighted by Crippen LogP contribution is -2.24. The van der Waals surface area contributed by atoms with Crippen molar-refractivity contribution in [2.45, 2.75) is 12.7 Å². The number of amides is 1. The molecular weight excluding hydrogens is 397 g/mol. The predicted molar refractivity (Wildman–Crippen MR) is 93.2 cm³/mol. The lowest BCUT2D eigenvalue weighted by Gasteiger charge is -2.19. The molecule has 0 bridgehead atoms. The van der Waals surface area contributed by atoms with Crippen LogP contribution in [0.3, 0.4) is 0 Å². The van der Waals surface area contributed by atoms with E-state index in [1.807, 2.05) is 0 Å². The minimum absolute atomic E-state index is 0.0145. The van der Waals surface area contributed by atoms with E-state index in [0.29, 0.717) is 5.56 Å². The van der Waals surface area contributed by atoms with Crippen LogP contribution in [-0.2, 0) is 6.54 Å². The third kappa shape index (κ3) is 5.27. The van der Waals surface area contributed by atoms with Gasteiger partial charge in [0.25, 0.3) is 11.6 Å². The number of nitrogens with one attached hydrogen (secondary N) is 1. The Morgan fingerprint density at radius 1 is 1.17 bits per heavy atom. The molecule has 11 heteroatoms. The van der Waals surface area contributed by atoms with Gasteiger partial charge in [0.05, 0.1) is 11.0 Å². The summed E-state index contributed by atoms with van der Waals surface area (Å²) in [5, 5.41) is 13.8. The van der Waals surface area contributed by atoms with Gasteiger partial charge in [-0.15, -0.1) is 0 Å². The molecule has 1 amide bonds. The van der Waals surface area contributed by atoms with Crippen LogP contribution in [0.5, 0.6) is 17.2 Å². The molecule has 0 unspecified atom stereocenters. The summed E-state index contributed by atoms with van der Waals surface area (Å²) in [5.74, 6) is -0.363. The van der Waals surface area contributed by atoms with E-state index in [2.05, 4.69) is 10.1 Å². The Kier molecular flexibility index (Phi) is 5.76. The topological polar surface area (TPSA) is 99.9 Å². The molecular formula is C18H15F3N2O6. The fraction of sp³-hybridized carbons (Fsp3) is 0.278. The third-order valence-corrected chi connectivity index (χ3v) is 3.86. The Hall–Kier alpha value is -3.50. The summed E-state index contributed by atoms with van der Waals surface area (Å²) in [6, 6.07) is 8.07. The van der Waals surface area contributed by atoms with Gasteiger partial charge in [-0.05, 0) is 17.7 Å². The van der Waals surface area contributed by atoms with Crippen molar-refractivity contribution in [2.75, 3.05) is 19.8 Å².